The van der Waals surface area contributed by atoms with Crippen LogP contribution < -0.4 is 5.73 Å². The van der Waals surface area contributed by atoms with Crippen LogP contribution in [0.3, 0.4) is 0 Å². The van der Waals surface area contributed by atoms with Crippen molar-refractivity contribution < 1.29 is 4.74 Å². The second-order valence-electron chi connectivity index (χ2n) is 3.53. The zero-order valence-electron chi connectivity index (χ0n) is 7.61. The molecule has 2 heterocycles. The maximum absolute atomic E-state index is 6.17. The standard InChI is InChI=1S/C10H15NOS/c11-10(9-3-6-13-7-9)8-1-4-12-5-2-8/h3,6-8,10H,1-2,4-5,11H2. The Labute approximate surface area is 82.7 Å². The van der Waals surface area contributed by atoms with Gasteiger partial charge < -0.3 is 10.5 Å². The average molecular weight is 197 g/mol. The van der Waals surface area contributed by atoms with Crippen LogP contribution in [0.5, 0.6) is 0 Å². The zero-order valence-corrected chi connectivity index (χ0v) is 8.43. The Morgan fingerprint density at radius 1 is 1.46 bits per heavy atom. The maximum Gasteiger partial charge on any atom is 0.0469 e. The molecular formula is C10H15NOS. The van der Waals surface area contributed by atoms with Gasteiger partial charge in [-0.1, -0.05) is 0 Å². The Bertz CT molecular complexity index is 241. The van der Waals surface area contributed by atoms with Gasteiger partial charge in [-0.3, -0.25) is 0 Å². The topological polar surface area (TPSA) is 35.2 Å². The lowest BCUT2D eigenvalue weighted by Gasteiger charge is -2.27. The van der Waals surface area contributed by atoms with Crippen LogP contribution in [0.25, 0.3) is 0 Å². The third-order valence-corrected chi connectivity index (χ3v) is 3.40. The van der Waals surface area contributed by atoms with E-state index in [-0.39, 0.29) is 6.04 Å². The van der Waals surface area contributed by atoms with Crippen molar-refractivity contribution in [3.8, 4) is 0 Å². The number of rotatable bonds is 2. The van der Waals surface area contributed by atoms with Crippen LogP contribution in [0.4, 0.5) is 0 Å². The van der Waals surface area contributed by atoms with Gasteiger partial charge in [0.1, 0.15) is 0 Å². The molecule has 0 aromatic carbocycles. The first-order valence-electron chi connectivity index (χ1n) is 4.73. The predicted octanol–water partition coefficient (Wildman–Crippen LogP) is 2.17. The van der Waals surface area contributed by atoms with Crippen LogP contribution in [0.2, 0.25) is 0 Å². The van der Waals surface area contributed by atoms with Crippen molar-refractivity contribution in [2.24, 2.45) is 11.7 Å². The van der Waals surface area contributed by atoms with Gasteiger partial charge in [-0.2, -0.15) is 11.3 Å². The van der Waals surface area contributed by atoms with Crippen molar-refractivity contribution in [1.82, 2.24) is 0 Å². The van der Waals surface area contributed by atoms with Gasteiger partial charge >= 0.3 is 0 Å². The number of thiophene rings is 1. The summed E-state index contributed by atoms with van der Waals surface area (Å²) in [7, 11) is 0. The summed E-state index contributed by atoms with van der Waals surface area (Å²) >= 11 is 1.72. The molecule has 1 atom stereocenters. The van der Waals surface area contributed by atoms with Crippen LogP contribution in [0.1, 0.15) is 24.4 Å². The summed E-state index contributed by atoms with van der Waals surface area (Å²) in [5.41, 5.74) is 7.45. The number of hydrogen-bond acceptors (Lipinski definition) is 3. The normalized spacial score (nSPS) is 21.6. The lowest BCUT2D eigenvalue weighted by atomic mass is 9.89. The van der Waals surface area contributed by atoms with Gasteiger partial charge in [0.15, 0.2) is 0 Å². The molecule has 1 aliphatic heterocycles. The monoisotopic (exact) mass is 197 g/mol. The molecule has 0 radical (unpaired) electrons. The molecule has 0 aliphatic carbocycles. The van der Waals surface area contributed by atoms with Gasteiger partial charge in [-0.25, -0.2) is 0 Å². The molecule has 72 valence electrons. The molecule has 2 nitrogen and oxygen atoms in total. The summed E-state index contributed by atoms with van der Waals surface area (Å²) in [5.74, 6) is 0.614. The molecule has 1 aromatic rings. The van der Waals surface area contributed by atoms with Gasteiger partial charge in [-0.05, 0) is 41.1 Å². The van der Waals surface area contributed by atoms with Crippen molar-refractivity contribution in [1.29, 1.82) is 0 Å². The van der Waals surface area contributed by atoms with Crippen LogP contribution >= 0.6 is 11.3 Å². The molecule has 1 aliphatic rings. The minimum Gasteiger partial charge on any atom is -0.381 e. The van der Waals surface area contributed by atoms with Crippen molar-refractivity contribution in [2.45, 2.75) is 18.9 Å². The summed E-state index contributed by atoms with van der Waals surface area (Å²) in [5, 5.41) is 4.24. The third kappa shape index (κ3) is 2.10. The lowest BCUT2D eigenvalue weighted by molar-refractivity contribution is 0.0584. The quantitative estimate of drug-likeness (QED) is 0.788. The molecular weight excluding hydrogens is 182 g/mol. The summed E-state index contributed by atoms with van der Waals surface area (Å²) in [6, 6.07) is 2.35. The molecule has 1 fully saturated rings. The van der Waals surface area contributed by atoms with Crippen molar-refractivity contribution >= 4 is 11.3 Å². The number of hydrogen-bond donors (Lipinski definition) is 1. The molecule has 1 unspecified atom stereocenters. The summed E-state index contributed by atoms with van der Waals surface area (Å²) in [6.45, 7) is 1.75. The van der Waals surface area contributed by atoms with Crippen LogP contribution in [0.15, 0.2) is 16.8 Å². The maximum atomic E-state index is 6.17. The van der Waals surface area contributed by atoms with Crippen LogP contribution in [0, 0.1) is 5.92 Å². The fraction of sp³-hybridized carbons (Fsp3) is 0.600. The fourth-order valence-corrected chi connectivity index (χ4v) is 2.52. The third-order valence-electron chi connectivity index (χ3n) is 2.70. The van der Waals surface area contributed by atoms with E-state index in [4.69, 9.17) is 10.5 Å². The summed E-state index contributed by atoms with van der Waals surface area (Å²) in [6.07, 6.45) is 2.22. The van der Waals surface area contributed by atoms with E-state index >= 15 is 0 Å². The molecule has 2 rings (SSSR count). The highest BCUT2D eigenvalue weighted by Crippen LogP contribution is 2.28. The van der Waals surface area contributed by atoms with Gasteiger partial charge in [0, 0.05) is 19.3 Å². The van der Waals surface area contributed by atoms with Crippen molar-refractivity contribution in [2.75, 3.05) is 13.2 Å². The highest BCUT2D eigenvalue weighted by molar-refractivity contribution is 7.07. The Kier molecular flexibility index (Phi) is 2.98. The van der Waals surface area contributed by atoms with E-state index in [1.165, 1.54) is 5.56 Å². The van der Waals surface area contributed by atoms with E-state index in [1.807, 2.05) is 0 Å². The van der Waals surface area contributed by atoms with Crippen molar-refractivity contribution in [3.05, 3.63) is 22.4 Å². The van der Waals surface area contributed by atoms with E-state index < -0.39 is 0 Å². The van der Waals surface area contributed by atoms with Crippen LogP contribution in [-0.2, 0) is 4.74 Å². The van der Waals surface area contributed by atoms with Gasteiger partial charge in [-0.15, -0.1) is 0 Å². The van der Waals surface area contributed by atoms with Gasteiger partial charge in [0.2, 0.25) is 0 Å². The smallest absolute Gasteiger partial charge is 0.0469 e. The van der Waals surface area contributed by atoms with E-state index in [9.17, 15) is 0 Å². The second kappa shape index (κ2) is 4.22. The molecule has 0 amide bonds. The summed E-state index contributed by atoms with van der Waals surface area (Å²) in [4.78, 5) is 0. The molecule has 1 aromatic heterocycles. The van der Waals surface area contributed by atoms with E-state index in [1.54, 1.807) is 11.3 Å². The van der Waals surface area contributed by atoms with E-state index in [0.29, 0.717) is 5.92 Å². The number of ether oxygens (including phenoxy) is 1. The second-order valence-corrected chi connectivity index (χ2v) is 4.31. The Hall–Kier alpha value is -0.380. The first-order valence-corrected chi connectivity index (χ1v) is 5.67. The van der Waals surface area contributed by atoms with Gasteiger partial charge in [0.05, 0.1) is 0 Å². The highest BCUT2D eigenvalue weighted by atomic mass is 32.1. The SMILES string of the molecule is NC(c1ccsc1)C1CCOCC1. The first kappa shape index (κ1) is 9.19. The first-order chi connectivity index (χ1) is 6.38. The molecule has 3 heteroatoms. The largest absolute Gasteiger partial charge is 0.381 e. The molecule has 2 N–H and O–H groups in total. The van der Waals surface area contributed by atoms with Crippen molar-refractivity contribution in [3.63, 3.8) is 0 Å². The molecule has 13 heavy (non-hydrogen) atoms. The Morgan fingerprint density at radius 2 is 2.23 bits per heavy atom. The average Bonchev–Trinajstić information content (AvgIpc) is 2.71. The summed E-state index contributed by atoms with van der Waals surface area (Å²) < 4.78 is 5.31. The highest BCUT2D eigenvalue weighted by Gasteiger charge is 2.22. The molecule has 1 saturated heterocycles. The minimum absolute atomic E-state index is 0.218. The lowest BCUT2D eigenvalue weighted by Crippen LogP contribution is -2.27. The van der Waals surface area contributed by atoms with Crippen LogP contribution in [-0.4, -0.2) is 13.2 Å². The van der Waals surface area contributed by atoms with E-state index in [0.717, 1.165) is 26.1 Å². The molecule has 0 spiro atoms. The molecule has 0 saturated carbocycles. The fourth-order valence-electron chi connectivity index (χ4n) is 1.81. The minimum atomic E-state index is 0.218. The molecule has 0 bridgehead atoms. The van der Waals surface area contributed by atoms with E-state index in [2.05, 4.69) is 16.8 Å². The Morgan fingerprint density at radius 3 is 2.85 bits per heavy atom. The van der Waals surface area contributed by atoms with Gasteiger partial charge in [0.25, 0.3) is 0 Å². The Balaban J connectivity index is 1.99. The number of nitrogens with two attached hydrogens (primary N) is 1. The predicted molar refractivity (Wildman–Crippen MR) is 54.8 cm³/mol. The zero-order chi connectivity index (χ0) is 9.10.